The van der Waals surface area contributed by atoms with E-state index in [1.54, 1.807) is 0 Å². The summed E-state index contributed by atoms with van der Waals surface area (Å²) in [5.74, 6) is 2.95. The Kier molecular flexibility index (Phi) is 10.1. The van der Waals surface area contributed by atoms with Crippen molar-refractivity contribution in [3.05, 3.63) is 0 Å². The minimum atomic E-state index is -0.119. The van der Waals surface area contributed by atoms with Crippen molar-refractivity contribution in [1.82, 2.24) is 20.9 Å². The molecule has 0 radical (unpaired) electrons. The molecule has 4 fully saturated rings. The Hall–Kier alpha value is -1.18. The Morgan fingerprint density at radius 1 is 1.03 bits per heavy atom. The summed E-state index contributed by atoms with van der Waals surface area (Å²) in [6.45, 7) is 15.2. The highest BCUT2D eigenvalue weighted by Crippen LogP contribution is 2.44. The third-order valence-corrected chi connectivity index (χ3v) is 10.00. The van der Waals surface area contributed by atoms with Gasteiger partial charge in [0, 0.05) is 44.2 Å². The van der Waals surface area contributed by atoms with E-state index in [0.717, 1.165) is 57.5 Å². The highest BCUT2D eigenvalue weighted by molar-refractivity contribution is 5.83. The molecule has 4 rings (SSSR count). The van der Waals surface area contributed by atoms with Crippen molar-refractivity contribution in [2.75, 3.05) is 45.9 Å². The van der Waals surface area contributed by atoms with Crippen molar-refractivity contribution in [1.29, 1.82) is 0 Å². The molecule has 2 aliphatic carbocycles. The lowest BCUT2D eigenvalue weighted by Gasteiger charge is -2.45. The Morgan fingerprint density at radius 2 is 1.75 bits per heavy atom. The second kappa shape index (κ2) is 13.1. The highest BCUT2D eigenvalue weighted by Gasteiger charge is 2.42. The average molecular weight is 505 g/mol. The first kappa shape index (κ1) is 27.8. The van der Waals surface area contributed by atoms with Gasteiger partial charge in [0.15, 0.2) is 0 Å². The molecule has 2 aliphatic heterocycles. The number of amides is 2. The smallest absolute Gasteiger partial charge is 0.225 e. The van der Waals surface area contributed by atoms with Crippen molar-refractivity contribution in [3.63, 3.8) is 0 Å². The van der Waals surface area contributed by atoms with Crippen LogP contribution < -0.4 is 16.0 Å². The summed E-state index contributed by atoms with van der Waals surface area (Å²) in [4.78, 5) is 28.6. The zero-order valence-corrected chi connectivity index (χ0v) is 23.3. The third kappa shape index (κ3) is 7.02. The van der Waals surface area contributed by atoms with Gasteiger partial charge in [-0.05, 0) is 88.0 Å². The van der Waals surface area contributed by atoms with E-state index in [2.05, 4.69) is 48.5 Å². The van der Waals surface area contributed by atoms with Crippen LogP contribution >= 0.6 is 0 Å². The molecule has 3 N–H and O–H groups in total. The molecule has 7 nitrogen and oxygen atoms in total. The van der Waals surface area contributed by atoms with E-state index < -0.39 is 0 Å². The maximum Gasteiger partial charge on any atom is 0.225 e. The van der Waals surface area contributed by atoms with Crippen LogP contribution in [0.15, 0.2) is 0 Å². The standard InChI is InChI=1S/C29H52N4O3/c1-5-30-27-16-24(23-8-6-22(7-9-23)18-33-10-12-36-13-11-33)15-25(21(27)4)28(34)31-17-26-19(2)14-20(3)32-29(26)35/h19-27,30H,5-18H2,1-4H3,(H,31,34)(H,32,35). The summed E-state index contributed by atoms with van der Waals surface area (Å²) in [5.41, 5.74) is 0. The summed E-state index contributed by atoms with van der Waals surface area (Å²) in [6, 6.07) is 0.622. The van der Waals surface area contributed by atoms with E-state index >= 15 is 0 Å². The molecule has 7 heteroatoms. The van der Waals surface area contributed by atoms with E-state index in [1.807, 2.05) is 0 Å². The molecule has 0 spiro atoms. The third-order valence-electron chi connectivity index (χ3n) is 10.00. The van der Waals surface area contributed by atoms with Crippen LogP contribution in [0.1, 0.15) is 72.6 Å². The van der Waals surface area contributed by atoms with Gasteiger partial charge in [0.2, 0.25) is 11.8 Å². The van der Waals surface area contributed by atoms with Crippen molar-refractivity contribution in [2.24, 2.45) is 41.4 Å². The molecule has 7 unspecified atom stereocenters. The van der Waals surface area contributed by atoms with Crippen LogP contribution in [-0.2, 0) is 14.3 Å². The lowest BCUT2D eigenvalue weighted by Crippen LogP contribution is -2.53. The van der Waals surface area contributed by atoms with Crippen molar-refractivity contribution < 1.29 is 14.3 Å². The van der Waals surface area contributed by atoms with Crippen LogP contribution in [0.25, 0.3) is 0 Å². The van der Waals surface area contributed by atoms with E-state index in [1.165, 1.54) is 38.6 Å². The molecule has 0 aromatic rings. The number of rotatable bonds is 8. The molecule has 0 aromatic heterocycles. The molecular formula is C29H52N4O3. The number of morpholine rings is 1. The predicted molar refractivity (Wildman–Crippen MR) is 143 cm³/mol. The molecule has 2 saturated carbocycles. The zero-order valence-electron chi connectivity index (χ0n) is 23.3. The Morgan fingerprint density at radius 3 is 2.42 bits per heavy atom. The van der Waals surface area contributed by atoms with Crippen molar-refractivity contribution in [3.8, 4) is 0 Å². The van der Waals surface area contributed by atoms with E-state index in [-0.39, 0.29) is 29.7 Å². The number of nitrogens with one attached hydrogen (secondary N) is 3. The van der Waals surface area contributed by atoms with Gasteiger partial charge in [-0.1, -0.05) is 20.8 Å². The monoisotopic (exact) mass is 504 g/mol. The minimum Gasteiger partial charge on any atom is -0.379 e. The van der Waals surface area contributed by atoms with Crippen molar-refractivity contribution in [2.45, 2.75) is 84.7 Å². The molecular weight excluding hydrogens is 452 g/mol. The predicted octanol–water partition coefficient (Wildman–Crippen LogP) is 3.04. The van der Waals surface area contributed by atoms with Crippen LogP contribution in [-0.4, -0.2) is 74.7 Å². The fourth-order valence-corrected chi connectivity index (χ4v) is 7.74. The maximum atomic E-state index is 13.5. The number of hydrogen-bond donors (Lipinski definition) is 3. The molecule has 4 aliphatic rings. The number of nitrogens with zero attached hydrogens (tertiary/aromatic N) is 1. The number of carbonyl (C=O) groups is 2. The normalized spacial score (nSPS) is 40.4. The van der Waals surface area contributed by atoms with Crippen LogP contribution in [0, 0.1) is 41.4 Å². The topological polar surface area (TPSA) is 82.7 Å². The number of ether oxygens (including phenoxy) is 1. The van der Waals surface area contributed by atoms with Gasteiger partial charge in [-0.15, -0.1) is 0 Å². The summed E-state index contributed by atoms with van der Waals surface area (Å²) < 4.78 is 5.52. The molecule has 0 aromatic carbocycles. The van der Waals surface area contributed by atoms with Crippen LogP contribution in [0.5, 0.6) is 0 Å². The van der Waals surface area contributed by atoms with Gasteiger partial charge >= 0.3 is 0 Å². The molecule has 36 heavy (non-hydrogen) atoms. The minimum absolute atomic E-state index is 0.0276. The first-order chi connectivity index (χ1) is 17.4. The number of piperidine rings is 1. The second-order valence-electron chi connectivity index (χ2n) is 12.5. The first-order valence-corrected chi connectivity index (χ1v) is 15.0. The molecule has 0 bridgehead atoms. The van der Waals surface area contributed by atoms with E-state index in [4.69, 9.17) is 4.74 Å². The van der Waals surface area contributed by atoms with Crippen molar-refractivity contribution >= 4 is 11.8 Å². The van der Waals surface area contributed by atoms with E-state index in [9.17, 15) is 9.59 Å². The Balaban J connectivity index is 1.31. The Labute approximate surface area is 219 Å². The lowest BCUT2D eigenvalue weighted by atomic mass is 9.64. The van der Waals surface area contributed by atoms with Crippen LogP contribution in [0.4, 0.5) is 0 Å². The quantitative estimate of drug-likeness (QED) is 0.473. The summed E-state index contributed by atoms with van der Waals surface area (Å²) >= 11 is 0. The largest absolute Gasteiger partial charge is 0.379 e. The first-order valence-electron chi connectivity index (χ1n) is 15.0. The van der Waals surface area contributed by atoms with Crippen LogP contribution in [0.2, 0.25) is 0 Å². The zero-order chi connectivity index (χ0) is 25.7. The lowest BCUT2D eigenvalue weighted by molar-refractivity contribution is -0.132. The molecule has 2 saturated heterocycles. The van der Waals surface area contributed by atoms with Gasteiger partial charge in [0.05, 0.1) is 19.1 Å². The fourth-order valence-electron chi connectivity index (χ4n) is 7.74. The van der Waals surface area contributed by atoms with Gasteiger partial charge in [-0.2, -0.15) is 0 Å². The highest BCUT2D eigenvalue weighted by atomic mass is 16.5. The van der Waals surface area contributed by atoms with Gasteiger partial charge < -0.3 is 20.7 Å². The maximum absolute atomic E-state index is 13.5. The summed E-state index contributed by atoms with van der Waals surface area (Å²) in [6.07, 6.45) is 8.42. The molecule has 2 amide bonds. The Bertz CT molecular complexity index is 719. The van der Waals surface area contributed by atoms with Crippen LogP contribution in [0.3, 0.4) is 0 Å². The van der Waals surface area contributed by atoms with Gasteiger partial charge in [-0.25, -0.2) is 0 Å². The van der Waals surface area contributed by atoms with E-state index in [0.29, 0.717) is 30.3 Å². The molecule has 2 heterocycles. The molecule has 7 atom stereocenters. The fraction of sp³-hybridized carbons (Fsp3) is 0.931. The number of hydrogen-bond acceptors (Lipinski definition) is 5. The van der Waals surface area contributed by atoms with Gasteiger partial charge in [0.25, 0.3) is 0 Å². The summed E-state index contributed by atoms with van der Waals surface area (Å²) in [7, 11) is 0. The second-order valence-corrected chi connectivity index (χ2v) is 12.5. The molecule has 206 valence electrons. The van der Waals surface area contributed by atoms with Gasteiger partial charge in [0.1, 0.15) is 0 Å². The summed E-state index contributed by atoms with van der Waals surface area (Å²) in [5, 5.41) is 10.0. The van der Waals surface area contributed by atoms with Gasteiger partial charge in [-0.3, -0.25) is 14.5 Å². The SMILES string of the molecule is CCNC1CC(C2CCC(CN3CCOCC3)CC2)CC(C(=O)NCC2C(=O)NC(C)CC2C)C1C. The number of carbonyl (C=O) groups excluding carboxylic acids is 2. The average Bonchev–Trinajstić information content (AvgIpc) is 2.86.